The summed E-state index contributed by atoms with van der Waals surface area (Å²) in [6.07, 6.45) is -0.776. The van der Waals surface area contributed by atoms with Gasteiger partial charge in [0, 0.05) is 32.5 Å². The molecule has 2 aliphatic heterocycles. The summed E-state index contributed by atoms with van der Waals surface area (Å²) >= 11 is 1.45. The van der Waals surface area contributed by atoms with Crippen LogP contribution in [0.25, 0.3) is 10.4 Å². The molecule has 0 bridgehead atoms. The van der Waals surface area contributed by atoms with Gasteiger partial charge >= 0.3 is 13.7 Å². The lowest BCUT2D eigenvalue weighted by Gasteiger charge is -2.46. The van der Waals surface area contributed by atoms with Crippen LogP contribution >= 0.6 is 19.1 Å². The van der Waals surface area contributed by atoms with Crippen LogP contribution in [0, 0.1) is 0 Å². The molecule has 13 nitrogen and oxygen atoms in total. The lowest BCUT2D eigenvalue weighted by Crippen LogP contribution is -2.66. The standard InChI is InChI=1S/C27H36FN4O9PS/c1-16(2)39-24(35)17(3)31-42(36,41-19-9-7-18(8-10-19)21-13-29-15-43-21)38-14-20-23(34)26(4,28)25(40-20)32-12-11-22(33)30-27(32,5)37-6/h7-13,15-17,20,23,25,34H,14H2,1-6H3,(H,30,33)(H,31,36)/t17-,20+,23+,25+,26+,27?,42?/m0/s1. The van der Waals surface area contributed by atoms with Crippen molar-refractivity contribution in [1.29, 1.82) is 0 Å². The van der Waals surface area contributed by atoms with Crippen molar-refractivity contribution in [2.45, 2.75) is 76.7 Å². The number of ether oxygens (including phenoxy) is 3. The molecule has 1 aromatic heterocycles. The Kier molecular flexibility index (Phi) is 9.96. The van der Waals surface area contributed by atoms with Gasteiger partial charge in [0.05, 0.1) is 23.1 Å². The number of benzene rings is 1. The highest BCUT2D eigenvalue weighted by atomic mass is 32.1. The zero-order valence-corrected chi connectivity index (χ0v) is 26.3. The average Bonchev–Trinajstić information content (AvgIpc) is 3.55. The molecule has 0 saturated carbocycles. The van der Waals surface area contributed by atoms with Crippen molar-refractivity contribution < 1.29 is 46.9 Å². The monoisotopic (exact) mass is 642 g/mol. The Morgan fingerprint density at radius 1 is 1.30 bits per heavy atom. The van der Waals surface area contributed by atoms with Crippen LogP contribution in [0.1, 0.15) is 34.6 Å². The number of hydrogen-bond donors (Lipinski definition) is 3. The number of nitrogens with one attached hydrogen (secondary N) is 2. The van der Waals surface area contributed by atoms with E-state index in [9.17, 15) is 19.3 Å². The molecule has 3 heterocycles. The summed E-state index contributed by atoms with van der Waals surface area (Å²) in [5, 5.41) is 16.0. The molecule has 0 spiro atoms. The Hall–Kier alpha value is -2.91. The van der Waals surface area contributed by atoms with E-state index in [1.54, 1.807) is 49.8 Å². The highest BCUT2D eigenvalue weighted by Gasteiger charge is 2.59. The van der Waals surface area contributed by atoms with Crippen LogP contribution in [0.4, 0.5) is 4.39 Å². The molecular weight excluding hydrogens is 606 g/mol. The quantitative estimate of drug-likeness (QED) is 0.230. The number of thiazole rings is 1. The van der Waals surface area contributed by atoms with Crippen LogP contribution in [0.5, 0.6) is 5.75 Å². The van der Waals surface area contributed by atoms with Gasteiger partial charge in [0.15, 0.2) is 11.9 Å². The second kappa shape index (κ2) is 13.0. The minimum absolute atomic E-state index is 0.152. The van der Waals surface area contributed by atoms with Gasteiger partial charge in [-0.05, 0) is 57.5 Å². The molecule has 236 valence electrons. The van der Waals surface area contributed by atoms with Crippen molar-refractivity contribution in [3.63, 3.8) is 0 Å². The third-order valence-electron chi connectivity index (χ3n) is 6.86. The maximum Gasteiger partial charge on any atom is 0.459 e. The largest absolute Gasteiger partial charge is 0.462 e. The lowest BCUT2D eigenvalue weighted by molar-refractivity contribution is -0.213. The van der Waals surface area contributed by atoms with E-state index in [0.29, 0.717) is 0 Å². The number of carbonyl (C=O) groups excluding carboxylic acids is 2. The number of amides is 1. The van der Waals surface area contributed by atoms with Gasteiger partial charge in [-0.15, -0.1) is 11.3 Å². The molecule has 1 amide bonds. The number of methoxy groups -OCH3 is 1. The first-order valence-electron chi connectivity index (χ1n) is 13.4. The van der Waals surface area contributed by atoms with Gasteiger partial charge < -0.3 is 34.1 Å². The van der Waals surface area contributed by atoms with Crippen molar-refractivity contribution in [3.8, 4) is 16.2 Å². The molecule has 4 rings (SSSR count). The number of aliphatic hydroxyl groups is 1. The van der Waals surface area contributed by atoms with E-state index in [2.05, 4.69) is 15.4 Å². The van der Waals surface area contributed by atoms with Gasteiger partial charge in [-0.3, -0.25) is 19.1 Å². The first-order valence-corrected chi connectivity index (χ1v) is 15.9. The molecule has 2 aliphatic rings. The molecule has 2 aromatic rings. The van der Waals surface area contributed by atoms with Gasteiger partial charge in [-0.2, -0.15) is 5.09 Å². The lowest BCUT2D eigenvalue weighted by atomic mass is 9.97. The summed E-state index contributed by atoms with van der Waals surface area (Å²) in [6, 6.07) is 5.50. The zero-order chi connectivity index (χ0) is 31.6. The maximum absolute atomic E-state index is 16.0. The number of hydrogen-bond acceptors (Lipinski definition) is 12. The predicted octanol–water partition coefficient (Wildman–Crippen LogP) is 3.32. The van der Waals surface area contributed by atoms with E-state index in [4.69, 9.17) is 23.3 Å². The summed E-state index contributed by atoms with van der Waals surface area (Å²) in [6.45, 7) is 6.79. The molecular formula is C27H36FN4O9PS. The number of aliphatic hydroxyl groups excluding tert-OH is 1. The Morgan fingerprint density at radius 2 is 2.00 bits per heavy atom. The number of carbonyl (C=O) groups is 2. The summed E-state index contributed by atoms with van der Waals surface area (Å²) in [5.41, 5.74) is 0.164. The first kappa shape index (κ1) is 33.0. The van der Waals surface area contributed by atoms with Crippen molar-refractivity contribution in [2.24, 2.45) is 0 Å². The highest BCUT2D eigenvalue weighted by molar-refractivity contribution is 7.52. The predicted molar refractivity (Wildman–Crippen MR) is 154 cm³/mol. The Bertz CT molecular complexity index is 1360. The van der Waals surface area contributed by atoms with Crippen LogP contribution in [0.2, 0.25) is 0 Å². The van der Waals surface area contributed by atoms with Crippen LogP contribution in [-0.2, 0) is 32.9 Å². The molecule has 1 fully saturated rings. The van der Waals surface area contributed by atoms with Gasteiger partial charge in [0.2, 0.25) is 11.8 Å². The normalized spacial score (nSPS) is 29.3. The molecule has 3 N–H and O–H groups in total. The van der Waals surface area contributed by atoms with E-state index in [-0.39, 0.29) is 5.75 Å². The summed E-state index contributed by atoms with van der Waals surface area (Å²) in [7, 11) is -3.04. The molecule has 0 radical (unpaired) electrons. The smallest absolute Gasteiger partial charge is 0.459 e. The molecule has 2 unspecified atom stereocenters. The topological polar surface area (TPSA) is 158 Å². The molecule has 16 heteroatoms. The Labute approximate surface area is 252 Å². The second-order valence-electron chi connectivity index (χ2n) is 10.6. The minimum Gasteiger partial charge on any atom is -0.462 e. The van der Waals surface area contributed by atoms with Crippen LogP contribution in [0.3, 0.4) is 0 Å². The van der Waals surface area contributed by atoms with Gasteiger partial charge in [0.25, 0.3) is 0 Å². The van der Waals surface area contributed by atoms with Crippen LogP contribution < -0.4 is 14.9 Å². The number of esters is 1. The highest BCUT2D eigenvalue weighted by Crippen LogP contribution is 2.47. The van der Waals surface area contributed by atoms with E-state index < -0.39 is 68.3 Å². The molecule has 1 saturated heterocycles. The summed E-state index contributed by atoms with van der Waals surface area (Å²) in [5.74, 6) is -2.50. The fraction of sp³-hybridized carbons (Fsp3) is 0.519. The number of halogens is 1. The van der Waals surface area contributed by atoms with E-state index in [1.807, 2.05) is 0 Å². The third kappa shape index (κ3) is 7.43. The average molecular weight is 643 g/mol. The van der Waals surface area contributed by atoms with Gasteiger partial charge in [0.1, 0.15) is 24.0 Å². The maximum atomic E-state index is 16.0. The van der Waals surface area contributed by atoms with Crippen LogP contribution in [0.15, 0.2) is 48.2 Å². The van der Waals surface area contributed by atoms with E-state index in [1.165, 1.54) is 49.5 Å². The number of alkyl halides is 1. The molecule has 43 heavy (non-hydrogen) atoms. The Balaban J connectivity index is 1.53. The van der Waals surface area contributed by atoms with E-state index >= 15 is 4.39 Å². The number of aromatic nitrogens is 1. The fourth-order valence-corrected chi connectivity index (χ4v) is 6.63. The van der Waals surface area contributed by atoms with Crippen molar-refractivity contribution in [2.75, 3.05) is 13.7 Å². The molecule has 7 atom stereocenters. The SMILES string of the molecule is COC1(C)NC(=O)C=CN1[C@@H]1O[C@H](COP(=O)(N[C@@H](C)C(=O)OC(C)C)Oc2ccc(-c3cncs3)cc2)[C@@H](O)[C@@]1(C)F. The van der Waals surface area contributed by atoms with Crippen molar-refractivity contribution in [3.05, 3.63) is 48.2 Å². The van der Waals surface area contributed by atoms with Crippen molar-refractivity contribution >= 4 is 31.0 Å². The van der Waals surface area contributed by atoms with Crippen LogP contribution in [-0.4, -0.2) is 82.7 Å². The van der Waals surface area contributed by atoms with Crippen molar-refractivity contribution in [1.82, 2.24) is 20.3 Å². The minimum atomic E-state index is -4.37. The fourth-order valence-electron chi connectivity index (χ4n) is 4.50. The van der Waals surface area contributed by atoms with Gasteiger partial charge in [-0.1, -0.05) is 0 Å². The number of rotatable bonds is 12. The summed E-state index contributed by atoms with van der Waals surface area (Å²) in [4.78, 5) is 30.7. The molecule has 1 aromatic carbocycles. The molecule has 0 aliphatic carbocycles. The second-order valence-corrected chi connectivity index (χ2v) is 13.2. The van der Waals surface area contributed by atoms with Gasteiger partial charge in [-0.25, -0.2) is 8.96 Å². The summed E-state index contributed by atoms with van der Waals surface area (Å²) < 4.78 is 57.8. The Morgan fingerprint density at radius 3 is 2.60 bits per heavy atom. The number of nitrogens with zero attached hydrogens (tertiary/aromatic N) is 2. The zero-order valence-electron chi connectivity index (χ0n) is 24.6. The third-order valence-corrected chi connectivity index (χ3v) is 9.33. The first-order chi connectivity index (χ1) is 20.2. The van der Waals surface area contributed by atoms with E-state index in [0.717, 1.165) is 17.4 Å².